The van der Waals surface area contributed by atoms with Crippen LogP contribution in [0, 0.1) is 0 Å². The van der Waals surface area contributed by atoms with Crippen molar-refractivity contribution in [2.75, 3.05) is 11.1 Å². The van der Waals surface area contributed by atoms with Crippen LogP contribution in [0.15, 0.2) is 41.3 Å². The van der Waals surface area contributed by atoms with Gasteiger partial charge in [-0.3, -0.25) is 19.7 Å². The minimum absolute atomic E-state index is 0.347. The molecule has 32 heavy (non-hydrogen) atoms. The summed E-state index contributed by atoms with van der Waals surface area (Å²) < 4.78 is 1.90. The first kappa shape index (κ1) is 22.2. The Kier molecular flexibility index (Phi) is 6.38. The van der Waals surface area contributed by atoms with Gasteiger partial charge in [-0.2, -0.15) is 0 Å². The molecule has 0 bridgehead atoms. The van der Waals surface area contributed by atoms with Gasteiger partial charge in [0.05, 0.1) is 16.6 Å². The van der Waals surface area contributed by atoms with Crippen LogP contribution >= 0.6 is 23.4 Å². The number of anilines is 1. The van der Waals surface area contributed by atoms with Gasteiger partial charge >= 0.3 is 0 Å². The molecule has 10 heteroatoms. The maximum Gasteiger partial charge on any atom is 0.253 e. The van der Waals surface area contributed by atoms with Crippen molar-refractivity contribution in [3.63, 3.8) is 0 Å². The van der Waals surface area contributed by atoms with Gasteiger partial charge in [-0.05, 0) is 42.8 Å². The van der Waals surface area contributed by atoms with Gasteiger partial charge in [0.15, 0.2) is 0 Å². The predicted octanol–water partition coefficient (Wildman–Crippen LogP) is 3.43. The molecule has 3 amide bonds. The fraction of sp³-hybridized carbons (Fsp3) is 0.273. The lowest BCUT2D eigenvalue weighted by atomic mass is 10.2. The van der Waals surface area contributed by atoms with E-state index in [-0.39, 0.29) is 11.8 Å². The van der Waals surface area contributed by atoms with Crippen molar-refractivity contribution >= 4 is 58.1 Å². The van der Waals surface area contributed by atoms with Crippen LogP contribution < -0.4 is 16.4 Å². The van der Waals surface area contributed by atoms with E-state index in [0.29, 0.717) is 39.9 Å². The molecule has 166 valence electrons. The van der Waals surface area contributed by atoms with Crippen LogP contribution in [-0.4, -0.2) is 39.1 Å². The Morgan fingerprint density at radius 3 is 2.88 bits per heavy atom. The lowest BCUT2D eigenvalue weighted by Gasteiger charge is -2.16. The maximum atomic E-state index is 13.1. The molecule has 4 rings (SSSR count). The van der Waals surface area contributed by atoms with E-state index in [1.807, 2.05) is 4.57 Å². The smallest absolute Gasteiger partial charge is 0.253 e. The summed E-state index contributed by atoms with van der Waals surface area (Å²) in [6.07, 6.45) is 1.85. The molecule has 0 spiro atoms. The fourth-order valence-corrected chi connectivity index (χ4v) is 4.74. The van der Waals surface area contributed by atoms with Crippen LogP contribution in [0.2, 0.25) is 5.02 Å². The number of carbonyl (C=O) groups excluding carboxylic acids is 3. The normalized spacial score (nSPS) is 15.7. The minimum atomic E-state index is -0.751. The second-order valence-corrected chi connectivity index (χ2v) is 8.97. The molecular weight excluding hydrogens is 450 g/mol. The SMILES string of the molecule is CCCCn1c(NC(=O)[C@@H]2CSc3ccc(Cl)cc3C(=O)N2)nc2cc(C(N)=O)ccc21. The van der Waals surface area contributed by atoms with E-state index in [0.717, 1.165) is 23.3 Å². The van der Waals surface area contributed by atoms with E-state index >= 15 is 0 Å². The van der Waals surface area contributed by atoms with E-state index in [9.17, 15) is 14.4 Å². The van der Waals surface area contributed by atoms with Crippen molar-refractivity contribution in [2.45, 2.75) is 37.2 Å². The molecule has 0 saturated heterocycles. The van der Waals surface area contributed by atoms with Crippen molar-refractivity contribution < 1.29 is 14.4 Å². The third kappa shape index (κ3) is 4.44. The fourth-order valence-electron chi connectivity index (χ4n) is 3.52. The van der Waals surface area contributed by atoms with Crippen molar-refractivity contribution in [3.05, 3.63) is 52.5 Å². The molecule has 1 aliphatic rings. The average molecular weight is 472 g/mol. The number of primary amides is 1. The number of imidazole rings is 1. The number of rotatable bonds is 6. The topological polar surface area (TPSA) is 119 Å². The lowest BCUT2D eigenvalue weighted by molar-refractivity contribution is -0.117. The zero-order valence-electron chi connectivity index (χ0n) is 17.4. The molecule has 3 aromatic rings. The molecular formula is C22H22ClN5O3S. The number of nitrogens with zero attached hydrogens (tertiary/aromatic N) is 2. The molecule has 8 nitrogen and oxygen atoms in total. The highest BCUT2D eigenvalue weighted by Crippen LogP contribution is 2.29. The second kappa shape index (κ2) is 9.22. The molecule has 1 aromatic heterocycles. The number of thioether (sulfide) groups is 1. The first-order chi connectivity index (χ1) is 15.4. The average Bonchev–Trinajstić information content (AvgIpc) is 3.01. The monoisotopic (exact) mass is 471 g/mol. The molecule has 0 fully saturated rings. The van der Waals surface area contributed by atoms with Gasteiger partial charge in [-0.1, -0.05) is 24.9 Å². The molecule has 0 saturated carbocycles. The van der Waals surface area contributed by atoms with E-state index in [2.05, 4.69) is 22.5 Å². The zero-order valence-corrected chi connectivity index (χ0v) is 18.9. The highest BCUT2D eigenvalue weighted by atomic mass is 35.5. The van der Waals surface area contributed by atoms with Gasteiger partial charge in [0.2, 0.25) is 17.8 Å². The van der Waals surface area contributed by atoms with Crippen molar-refractivity contribution in [1.29, 1.82) is 0 Å². The van der Waals surface area contributed by atoms with Crippen LogP contribution in [0.25, 0.3) is 11.0 Å². The number of hydrogen-bond acceptors (Lipinski definition) is 5. The summed E-state index contributed by atoms with van der Waals surface area (Å²) in [5, 5.41) is 6.09. The zero-order chi connectivity index (χ0) is 22.8. The first-order valence-electron chi connectivity index (χ1n) is 10.2. The third-order valence-corrected chi connectivity index (χ3v) is 6.62. The summed E-state index contributed by atoms with van der Waals surface area (Å²) in [7, 11) is 0. The number of nitrogens with two attached hydrogens (primary N) is 1. The number of aromatic nitrogens is 2. The van der Waals surface area contributed by atoms with Crippen LogP contribution in [0.3, 0.4) is 0 Å². The molecule has 1 atom stereocenters. The third-order valence-electron chi connectivity index (χ3n) is 5.22. The lowest BCUT2D eigenvalue weighted by Crippen LogP contribution is -2.44. The van der Waals surface area contributed by atoms with Crippen molar-refractivity contribution in [2.24, 2.45) is 5.73 Å². The van der Waals surface area contributed by atoms with Gasteiger partial charge < -0.3 is 15.6 Å². The van der Waals surface area contributed by atoms with E-state index in [1.54, 1.807) is 36.4 Å². The summed E-state index contributed by atoms with van der Waals surface area (Å²) in [6.45, 7) is 2.72. The highest BCUT2D eigenvalue weighted by molar-refractivity contribution is 7.99. The molecule has 2 aromatic carbocycles. The van der Waals surface area contributed by atoms with E-state index in [1.165, 1.54) is 11.8 Å². The first-order valence-corrected chi connectivity index (χ1v) is 11.6. The van der Waals surface area contributed by atoms with Crippen LogP contribution in [0.5, 0.6) is 0 Å². The number of amides is 3. The van der Waals surface area contributed by atoms with Crippen molar-refractivity contribution in [3.8, 4) is 0 Å². The molecule has 0 aliphatic carbocycles. The highest BCUT2D eigenvalue weighted by Gasteiger charge is 2.28. The van der Waals surface area contributed by atoms with Gasteiger partial charge in [0, 0.05) is 27.8 Å². The van der Waals surface area contributed by atoms with Gasteiger partial charge in [-0.15, -0.1) is 11.8 Å². The second-order valence-electron chi connectivity index (χ2n) is 7.48. The summed E-state index contributed by atoms with van der Waals surface area (Å²) in [5.74, 6) is -0.526. The minimum Gasteiger partial charge on any atom is -0.366 e. The molecule has 0 radical (unpaired) electrons. The Labute approximate surface area is 193 Å². The van der Waals surface area contributed by atoms with Gasteiger partial charge in [0.25, 0.3) is 5.91 Å². The van der Waals surface area contributed by atoms with E-state index < -0.39 is 11.9 Å². The molecule has 0 unspecified atom stereocenters. The Balaban J connectivity index is 1.60. The summed E-state index contributed by atoms with van der Waals surface area (Å²) >= 11 is 7.44. The number of fused-ring (bicyclic) bond motifs is 2. The number of aryl methyl sites for hydroxylation is 1. The predicted molar refractivity (Wildman–Crippen MR) is 125 cm³/mol. The Hall–Kier alpha value is -3.04. The number of halogens is 1. The Bertz CT molecular complexity index is 1230. The standard InChI is InChI=1S/C22H22ClN5O3S/c1-2-3-8-28-17-6-4-12(19(24)29)9-15(17)26-22(28)27-21(31)16-11-32-18-7-5-13(23)10-14(18)20(30)25-16/h4-7,9-10,16H,2-3,8,11H2,1H3,(H2,24,29)(H,25,30)(H,26,27,31)/t16-/m0/s1. The quantitative estimate of drug-likeness (QED) is 0.508. The Morgan fingerprint density at radius 1 is 1.31 bits per heavy atom. The summed E-state index contributed by atoms with van der Waals surface area (Å²) in [5.41, 5.74) is 7.54. The maximum absolute atomic E-state index is 13.1. The van der Waals surface area contributed by atoms with E-state index in [4.69, 9.17) is 17.3 Å². The molecule has 4 N–H and O–H groups in total. The van der Waals surface area contributed by atoms with Crippen LogP contribution in [-0.2, 0) is 11.3 Å². The van der Waals surface area contributed by atoms with Crippen LogP contribution in [0.4, 0.5) is 5.95 Å². The number of benzene rings is 2. The molecule has 1 aliphatic heterocycles. The van der Waals surface area contributed by atoms with Gasteiger partial charge in [0.1, 0.15) is 6.04 Å². The number of carbonyl (C=O) groups is 3. The summed E-state index contributed by atoms with van der Waals surface area (Å²) in [6, 6.07) is 9.38. The Morgan fingerprint density at radius 2 is 2.12 bits per heavy atom. The number of nitrogens with one attached hydrogen (secondary N) is 2. The van der Waals surface area contributed by atoms with Crippen LogP contribution in [0.1, 0.15) is 40.5 Å². The summed E-state index contributed by atoms with van der Waals surface area (Å²) in [4.78, 5) is 42.6. The van der Waals surface area contributed by atoms with Crippen molar-refractivity contribution in [1.82, 2.24) is 14.9 Å². The largest absolute Gasteiger partial charge is 0.366 e. The number of unbranched alkanes of at least 4 members (excludes halogenated alkanes) is 1. The van der Waals surface area contributed by atoms with Gasteiger partial charge in [-0.25, -0.2) is 4.98 Å². The molecule has 2 heterocycles. The number of hydrogen-bond donors (Lipinski definition) is 3.